The van der Waals surface area contributed by atoms with E-state index in [9.17, 15) is 4.79 Å². The van der Waals surface area contributed by atoms with E-state index in [4.69, 9.17) is 5.84 Å². The zero-order valence-electron chi connectivity index (χ0n) is 12.0. The van der Waals surface area contributed by atoms with E-state index in [1.807, 2.05) is 72.8 Å². The van der Waals surface area contributed by atoms with E-state index < -0.39 is 0 Å². The van der Waals surface area contributed by atoms with Crippen LogP contribution >= 0.6 is 0 Å². The van der Waals surface area contributed by atoms with Gasteiger partial charge in [0.05, 0.1) is 0 Å². The third-order valence-corrected chi connectivity index (χ3v) is 3.59. The first-order valence-corrected chi connectivity index (χ1v) is 7.06. The topological polar surface area (TPSA) is 55.1 Å². The van der Waals surface area contributed by atoms with Crippen molar-refractivity contribution in [3.05, 3.63) is 84.4 Å². The van der Waals surface area contributed by atoms with Gasteiger partial charge in [-0.1, -0.05) is 72.8 Å². The highest BCUT2D eigenvalue weighted by molar-refractivity contribution is 6.04. The molecule has 0 aliphatic rings. The van der Waals surface area contributed by atoms with E-state index in [1.165, 1.54) is 0 Å². The highest BCUT2D eigenvalue weighted by Crippen LogP contribution is 2.34. The quantitative estimate of drug-likeness (QED) is 0.439. The summed E-state index contributed by atoms with van der Waals surface area (Å²) in [7, 11) is 0. The van der Waals surface area contributed by atoms with Crippen molar-refractivity contribution in [3.63, 3.8) is 0 Å². The van der Waals surface area contributed by atoms with Crippen LogP contribution in [-0.4, -0.2) is 5.91 Å². The second-order valence-electron chi connectivity index (χ2n) is 4.93. The van der Waals surface area contributed by atoms with Gasteiger partial charge in [-0.05, 0) is 22.8 Å². The van der Waals surface area contributed by atoms with Crippen molar-refractivity contribution in [1.82, 2.24) is 5.43 Å². The maximum atomic E-state index is 12.2. The van der Waals surface area contributed by atoms with Crippen molar-refractivity contribution >= 4 is 5.91 Å². The number of rotatable bonds is 3. The van der Waals surface area contributed by atoms with Crippen LogP contribution in [0.2, 0.25) is 0 Å². The summed E-state index contributed by atoms with van der Waals surface area (Å²) in [5.74, 6) is 5.05. The Kier molecular flexibility index (Phi) is 3.99. The molecule has 3 N–H and O–H groups in total. The summed E-state index contributed by atoms with van der Waals surface area (Å²) in [6, 6.07) is 25.6. The molecule has 0 heterocycles. The molecule has 0 radical (unpaired) electrons. The first-order chi connectivity index (χ1) is 10.8. The van der Waals surface area contributed by atoms with Gasteiger partial charge in [0.15, 0.2) is 0 Å². The van der Waals surface area contributed by atoms with Gasteiger partial charge in [0, 0.05) is 11.1 Å². The van der Waals surface area contributed by atoms with Gasteiger partial charge in [-0.2, -0.15) is 0 Å². The second-order valence-corrected chi connectivity index (χ2v) is 4.93. The van der Waals surface area contributed by atoms with Crippen molar-refractivity contribution in [2.75, 3.05) is 0 Å². The molecule has 0 bridgehead atoms. The fourth-order valence-electron chi connectivity index (χ4n) is 2.59. The molecule has 0 fully saturated rings. The smallest absolute Gasteiger partial charge is 0.265 e. The number of amides is 1. The summed E-state index contributed by atoms with van der Waals surface area (Å²) in [5, 5.41) is 0. The predicted molar refractivity (Wildman–Crippen MR) is 89.0 cm³/mol. The van der Waals surface area contributed by atoms with Crippen LogP contribution in [0.4, 0.5) is 0 Å². The van der Waals surface area contributed by atoms with E-state index >= 15 is 0 Å². The largest absolute Gasteiger partial charge is 0.290 e. The maximum absolute atomic E-state index is 12.2. The number of benzene rings is 3. The summed E-state index contributed by atoms with van der Waals surface area (Å²) in [5.41, 5.74) is 6.74. The first-order valence-electron chi connectivity index (χ1n) is 7.06. The number of hydrogen-bond donors (Lipinski definition) is 2. The molecule has 0 saturated carbocycles. The molecule has 3 aromatic carbocycles. The van der Waals surface area contributed by atoms with E-state index in [-0.39, 0.29) is 5.91 Å². The maximum Gasteiger partial charge on any atom is 0.265 e. The van der Waals surface area contributed by atoms with Gasteiger partial charge in [0.1, 0.15) is 0 Å². The number of nitrogens with two attached hydrogens (primary N) is 1. The Balaban J connectivity index is 2.29. The van der Waals surface area contributed by atoms with E-state index in [0.717, 1.165) is 22.3 Å². The molecule has 0 aromatic heterocycles. The molecule has 0 spiro atoms. The van der Waals surface area contributed by atoms with E-state index in [0.29, 0.717) is 5.56 Å². The minimum Gasteiger partial charge on any atom is -0.290 e. The van der Waals surface area contributed by atoms with Gasteiger partial charge < -0.3 is 0 Å². The number of nitrogens with one attached hydrogen (secondary N) is 1. The number of nitrogen functional groups attached to an aromatic ring is 1. The normalized spacial score (nSPS) is 10.2. The standard InChI is InChI=1S/C19H16N2O/c20-21-19(22)17-13-7-12-16(14-8-3-1-4-9-14)18(17)15-10-5-2-6-11-15/h1-13H,20H2,(H,21,22). The molecule has 1 amide bonds. The molecule has 0 aliphatic carbocycles. The van der Waals surface area contributed by atoms with Crippen molar-refractivity contribution in [1.29, 1.82) is 0 Å². The van der Waals surface area contributed by atoms with Crippen molar-refractivity contribution in [2.45, 2.75) is 0 Å². The van der Waals surface area contributed by atoms with Crippen LogP contribution in [0, 0.1) is 0 Å². The number of carbonyl (C=O) groups excluding carboxylic acids is 1. The molecule has 0 aliphatic heterocycles. The molecule has 0 unspecified atom stereocenters. The summed E-state index contributed by atoms with van der Waals surface area (Å²) >= 11 is 0. The average molecular weight is 288 g/mol. The van der Waals surface area contributed by atoms with Crippen molar-refractivity contribution in [3.8, 4) is 22.3 Å². The van der Waals surface area contributed by atoms with Crippen LogP contribution in [0.5, 0.6) is 0 Å². The Morgan fingerprint density at radius 3 is 1.91 bits per heavy atom. The molecule has 0 saturated heterocycles. The Morgan fingerprint density at radius 1 is 0.727 bits per heavy atom. The monoisotopic (exact) mass is 288 g/mol. The molecule has 3 nitrogen and oxygen atoms in total. The van der Waals surface area contributed by atoms with Crippen LogP contribution < -0.4 is 11.3 Å². The SMILES string of the molecule is NNC(=O)c1cccc(-c2ccccc2)c1-c1ccccc1. The van der Waals surface area contributed by atoms with Crippen LogP contribution in [0.25, 0.3) is 22.3 Å². The van der Waals surface area contributed by atoms with Gasteiger partial charge in [-0.15, -0.1) is 0 Å². The molecule has 108 valence electrons. The lowest BCUT2D eigenvalue weighted by molar-refractivity contribution is 0.0954. The third kappa shape index (κ3) is 2.62. The second kappa shape index (κ2) is 6.24. The Morgan fingerprint density at radius 2 is 1.32 bits per heavy atom. The average Bonchev–Trinajstić information content (AvgIpc) is 2.62. The minimum absolute atomic E-state index is 0.295. The molecular formula is C19H16N2O. The Hall–Kier alpha value is -2.91. The van der Waals surface area contributed by atoms with E-state index in [2.05, 4.69) is 5.43 Å². The summed E-state index contributed by atoms with van der Waals surface area (Å²) in [4.78, 5) is 12.2. The number of hydrogen-bond acceptors (Lipinski definition) is 2. The van der Waals surface area contributed by atoms with Gasteiger partial charge in [-0.25, -0.2) is 5.84 Å². The van der Waals surface area contributed by atoms with Crippen LogP contribution in [0.3, 0.4) is 0 Å². The lowest BCUT2D eigenvalue weighted by Crippen LogP contribution is -2.30. The van der Waals surface area contributed by atoms with Gasteiger partial charge in [-0.3, -0.25) is 10.2 Å². The zero-order chi connectivity index (χ0) is 15.4. The zero-order valence-corrected chi connectivity index (χ0v) is 12.0. The fourth-order valence-corrected chi connectivity index (χ4v) is 2.59. The third-order valence-electron chi connectivity index (χ3n) is 3.59. The highest BCUT2D eigenvalue weighted by atomic mass is 16.2. The molecule has 22 heavy (non-hydrogen) atoms. The van der Waals surface area contributed by atoms with Gasteiger partial charge in [0.25, 0.3) is 5.91 Å². The summed E-state index contributed by atoms with van der Waals surface area (Å²) < 4.78 is 0. The number of carbonyl (C=O) groups is 1. The van der Waals surface area contributed by atoms with Crippen LogP contribution in [0.15, 0.2) is 78.9 Å². The van der Waals surface area contributed by atoms with Gasteiger partial charge in [0.2, 0.25) is 0 Å². The molecule has 3 rings (SSSR count). The number of hydrazine groups is 1. The Labute approximate surface area is 129 Å². The van der Waals surface area contributed by atoms with Gasteiger partial charge >= 0.3 is 0 Å². The van der Waals surface area contributed by atoms with Crippen LogP contribution in [-0.2, 0) is 0 Å². The van der Waals surface area contributed by atoms with E-state index in [1.54, 1.807) is 6.07 Å². The lowest BCUT2D eigenvalue weighted by atomic mass is 9.90. The fraction of sp³-hybridized carbons (Fsp3) is 0. The van der Waals surface area contributed by atoms with Crippen LogP contribution in [0.1, 0.15) is 10.4 Å². The molecule has 3 heteroatoms. The van der Waals surface area contributed by atoms with Crippen molar-refractivity contribution in [2.24, 2.45) is 5.84 Å². The first kappa shape index (κ1) is 14.0. The summed E-state index contributed by atoms with van der Waals surface area (Å²) in [6.07, 6.45) is 0. The Bertz CT molecular complexity index is 783. The molecule has 3 aromatic rings. The van der Waals surface area contributed by atoms with Crippen molar-refractivity contribution < 1.29 is 4.79 Å². The molecular weight excluding hydrogens is 272 g/mol. The predicted octanol–water partition coefficient (Wildman–Crippen LogP) is 3.62. The highest BCUT2D eigenvalue weighted by Gasteiger charge is 2.16. The minimum atomic E-state index is -0.295. The summed E-state index contributed by atoms with van der Waals surface area (Å²) in [6.45, 7) is 0. The lowest BCUT2D eigenvalue weighted by Gasteiger charge is -2.14. The molecule has 0 atom stereocenters.